The first kappa shape index (κ1) is 15.3. The first-order valence-corrected chi connectivity index (χ1v) is 6.86. The van der Waals surface area contributed by atoms with Crippen molar-refractivity contribution in [1.82, 2.24) is 10.6 Å². The lowest BCUT2D eigenvalue weighted by atomic mass is 10.2. The number of aromatic nitrogens is 1. The molecule has 1 heterocycles. The van der Waals surface area contributed by atoms with Gasteiger partial charge in [0.05, 0.1) is 5.75 Å². The van der Waals surface area contributed by atoms with Gasteiger partial charge >= 0.3 is 6.03 Å². The first-order chi connectivity index (χ1) is 8.99. The van der Waals surface area contributed by atoms with Gasteiger partial charge in [-0.1, -0.05) is 13.8 Å². The largest absolute Gasteiger partial charge is 0.618 e. The van der Waals surface area contributed by atoms with E-state index in [1.165, 1.54) is 6.20 Å². The van der Waals surface area contributed by atoms with Gasteiger partial charge < -0.3 is 10.5 Å². The van der Waals surface area contributed by atoms with Crippen LogP contribution in [0.5, 0.6) is 0 Å². The number of nitrogens with one attached hydrogen (secondary N) is 2. The van der Waals surface area contributed by atoms with Crippen molar-refractivity contribution in [2.75, 3.05) is 12.3 Å². The highest BCUT2D eigenvalue weighted by molar-refractivity contribution is 7.99. The molecule has 7 heteroatoms. The summed E-state index contributed by atoms with van der Waals surface area (Å²) in [6.45, 7) is 4.42. The molecule has 6 nitrogen and oxygen atoms in total. The van der Waals surface area contributed by atoms with Crippen LogP contribution in [-0.4, -0.2) is 24.2 Å². The molecule has 104 valence electrons. The SMILES string of the molecule is CC(C)CNC(=O)NC(=O)CSc1cccc[n+]1[O-]. The maximum Gasteiger partial charge on any atom is 0.321 e. The molecule has 0 aliphatic carbocycles. The summed E-state index contributed by atoms with van der Waals surface area (Å²) in [6.07, 6.45) is 1.36. The minimum Gasteiger partial charge on any atom is -0.618 e. The van der Waals surface area contributed by atoms with Crippen LogP contribution >= 0.6 is 11.8 Å². The molecule has 0 aromatic carbocycles. The van der Waals surface area contributed by atoms with Crippen LogP contribution in [0.4, 0.5) is 4.79 Å². The third-order valence-corrected chi connectivity index (χ3v) is 3.08. The van der Waals surface area contributed by atoms with Crippen LogP contribution in [-0.2, 0) is 4.79 Å². The molecule has 0 spiro atoms. The molecule has 0 unspecified atom stereocenters. The monoisotopic (exact) mass is 283 g/mol. The predicted molar refractivity (Wildman–Crippen MR) is 72.5 cm³/mol. The Kier molecular flexibility index (Phi) is 6.14. The molecule has 1 aromatic rings. The van der Waals surface area contributed by atoms with Crippen molar-refractivity contribution < 1.29 is 14.3 Å². The summed E-state index contributed by atoms with van der Waals surface area (Å²) >= 11 is 1.08. The highest BCUT2D eigenvalue weighted by atomic mass is 32.2. The van der Waals surface area contributed by atoms with E-state index in [1.54, 1.807) is 18.2 Å². The number of amides is 3. The van der Waals surface area contributed by atoms with Crippen molar-refractivity contribution in [1.29, 1.82) is 0 Å². The summed E-state index contributed by atoms with van der Waals surface area (Å²) in [5, 5.41) is 16.5. The second-order valence-corrected chi connectivity index (χ2v) is 5.30. The molecule has 0 radical (unpaired) electrons. The summed E-state index contributed by atoms with van der Waals surface area (Å²) in [5.41, 5.74) is 0. The molecule has 2 N–H and O–H groups in total. The second kappa shape index (κ2) is 7.63. The number of carbonyl (C=O) groups is 2. The second-order valence-electron chi connectivity index (χ2n) is 4.31. The number of urea groups is 1. The van der Waals surface area contributed by atoms with Crippen LogP contribution in [0.3, 0.4) is 0 Å². The van der Waals surface area contributed by atoms with E-state index in [4.69, 9.17) is 0 Å². The van der Waals surface area contributed by atoms with Crippen LogP contribution in [0, 0.1) is 11.1 Å². The molecule has 0 aliphatic rings. The van der Waals surface area contributed by atoms with Crippen molar-refractivity contribution >= 4 is 23.7 Å². The van der Waals surface area contributed by atoms with Crippen LogP contribution in [0.15, 0.2) is 29.4 Å². The average molecular weight is 283 g/mol. The van der Waals surface area contributed by atoms with E-state index in [0.717, 1.165) is 11.8 Å². The van der Waals surface area contributed by atoms with E-state index in [-0.39, 0.29) is 5.75 Å². The van der Waals surface area contributed by atoms with Gasteiger partial charge in [0.2, 0.25) is 5.91 Å². The Morgan fingerprint density at radius 2 is 2.16 bits per heavy atom. The summed E-state index contributed by atoms with van der Waals surface area (Å²) in [7, 11) is 0. The molecule has 0 aliphatic heterocycles. The lowest BCUT2D eigenvalue weighted by Crippen LogP contribution is -2.41. The van der Waals surface area contributed by atoms with Gasteiger partial charge in [0.25, 0.3) is 5.03 Å². The molecule has 0 bridgehead atoms. The molecule has 0 saturated heterocycles. The molecular weight excluding hydrogens is 266 g/mol. The van der Waals surface area contributed by atoms with Crippen molar-refractivity contribution in [2.45, 2.75) is 18.9 Å². The molecule has 3 amide bonds. The minimum atomic E-state index is -0.512. The van der Waals surface area contributed by atoms with E-state index < -0.39 is 11.9 Å². The van der Waals surface area contributed by atoms with Crippen molar-refractivity contribution in [2.24, 2.45) is 5.92 Å². The number of hydrogen-bond acceptors (Lipinski definition) is 4. The van der Waals surface area contributed by atoms with Gasteiger partial charge in [-0.05, 0) is 23.7 Å². The third-order valence-electron chi connectivity index (χ3n) is 2.06. The van der Waals surface area contributed by atoms with Gasteiger partial charge in [-0.3, -0.25) is 10.1 Å². The maximum atomic E-state index is 11.5. The summed E-state index contributed by atoms with van der Waals surface area (Å²) in [6, 6.07) is 4.42. The molecule has 0 saturated carbocycles. The average Bonchev–Trinajstić information content (AvgIpc) is 2.35. The Hall–Kier alpha value is -1.76. The Morgan fingerprint density at radius 3 is 2.79 bits per heavy atom. The van der Waals surface area contributed by atoms with E-state index in [0.29, 0.717) is 22.2 Å². The Balaban J connectivity index is 2.32. The van der Waals surface area contributed by atoms with Gasteiger partial charge in [0.15, 0.2) is 6.20 Å². The van der Waals surface area contributed by atoms with Crippen LogP contribution in [0.1, 0.15) is 13.8 Å². The van der Waals surface area contributed by atoms with Gasteiger partial charge in [-0.25, -0.2) is 4.79 Å². The van der Waals surface area contributed by atoms with E-state index in [2.05, 4.69) is 10.6 Å². The molecule has 0 atom stereocenters. The summed E-state index contributed by atoms with van der Waals surface area (Å²) in [5.74, 6) is -0.101. The summed E-state index contributed by atoms with van der Waals surface area (Å²) < 4.78 is 0.677. The smallest absolute Gasteiger partial charge is 0.321 e. The fourth-order valence-corrected chi connectivity index (χ4v) is 1.88. The third kappa shape index (κ3) is 6.10. The lowest BCUT2D eigenvalue weighted by molar-refractivity contribution is -0.645. The Labute approximate surface area is 116 Å². The number of thioether (sulfide) groups is 1. The fraction of sp³-hybridized carbons (Fsp3) is 0.417. The molecule has 19 heavy (non-hydrogen) atoms. The fourth-order valence-electron chi connectivity index (χ4n) is 1.17. The number of pyridine rings is 1. The zero-order chi connectivity index (χ0) is 14.3. The van der Waals surface area contributed by atoms with Crippen molar-refractivity contribution in [3.63, 3.8) is 0 Å². The van der Waals surface area contributed by atoms with Crippen LogP contribution < -0.4 is 15.4 Å². The van der Waals surface area contributed by atoms with Crippen molar-refractivity contribution in [3.05, 3.63) is 29.6 Å². The van der Waals surface area contributed by atoms with E-state index in [9.17, 15) is 14.8 Å². The first-order valence-electron chi connectivity index (χ1n) is 5.87. The highest BCUT2D eigenvalue weighted by Gasteiger charge is 2.11. The van der Waals surface area contributed by atoms with Gasteiger partial charge in [-0.2, -0.15) is 4.73 Å². The molecule has 1 rings (SSSR count). The highest BCUT2D eigenvalue weighted by Crippen LogP contribution is 2.11. The number of nitrogens with zero attached hydrogens (tertiary/aromatic N) is 1. The van der Waals surface area contributed by atoms with Gasteiger partial charge in [-0.15, -0.1) is 0 Å². The standard InChI is InChI=1S/C12H17N3O3S/c1-9(2)7-13-12(17)14-10(16)8-19-11-5-3-4-6-15(11)18/h3-6,9H,7-8H2,1-2H3,(H2,13,14,16,17). The number of rotatable bonds is 5. The summed E-state index contributed by atoms with van der Waals surface area (Å²) in [4.78, 5) is 22.8. The topological polar surface area (TPSA) is 85.1 Å². The zero-order valence-electron chi connectivity index (χ0n) is 10.9. The molecule has 1 aromatic heterocycles. The predicted octanol–water partition coefficient (Wildman–Crippen LogP) is 0.894. The molecular formula is C12H17N3O3S. The quantitative estimate of drug-likeness (QED) is 0.477. The molecule has 0 fully saturated rings. The number of carbonyl (C=O) groups excluding carboxylic acids is 2. The Morgan fingerprint density at radius 1 is 1.42 bits per heavy atom. The van der Waals surface area contributed by atoms with Gasteiger partial charge in [0, 0.05) is 18.7 Å². The van der Waals surface area contributed by atoms with E-state index >= 15 is 0 Å². The zero-order valence-corrected chi connectivity index (χ0v) is 11.7. The number of hydrogen-bond donors (Lipinski definition) is 2. The van der Waals surface area contributed by atoms with Crippen LogP contribution in [0.2, 0.25) is 0 Å². The van der Waals surface area contributed by atoms with E-state index in [1.807, 2.05) is 13.8 Å². The van der Waals surface area contributed by atoms with Crippen molar-refractivity contribution in [3.8, 4) is 0 Å². The minimum absolute atomic E-state index is 0.0152. The normalized spacial score (nSPS) is 10.3. The van der Waals surface area contributed by atoms with Gasteiger partial charge in [0.1, 0.15) is 0 Å². The van der Waals surface area contributed by atoms with Crippen LogP contribution in [0.25, 0.3) is 0 Å². The number of imide groups is 1. The lowest BCUT2D eigenvalue weighted by Gasteiger charge is -2.08. The Bertz CT molecular complexity index is 452. The maximum absolute atomic E-state index is 11.5.